The van der Waals surface area contributed by atoms with E-state index in [-0.39, 0.29) is 5.91 Å². The highest BCUT2D eigenvalue weighted by molar-refractivity contribution is 5.83. The van der Waals surface area contributed by atoms with E-state index in [0.29, 0.717) is 13.1 Å². The number of esters is 1. The molecule has 1 rings (SSSR count). The van der Waals surface area contributed by atoms with E-state index >= 15 is 0 Å². The van der Waals surface area contributed by atoms with E-state index in [1.807, 2.05) is 25.1 Å². The number of amides is 1. The first-order valence-corrected chi connectivity index (χ1v) is 6.14. The van der Waals surface area contributed by atoms with E-state index in [0.717, 1.165) is 5.56 Å². The van der Waals surface area contributed by atoms with Crippen molar-refractivity contribution in [1.82, 2.24) is 10.6 Å². The Kier molecular flexibility index (Phi) is 6.02. The summed E-state index contributed by atoms with van der Waals surface area (Å²) in [5.74, 6) is -0.709. The Labute approximate surface area is 113 Å². The van der Waals surface area contributed by atoms with Gasteiger partial charge in [-0.3, -0.25) is 4.79 Å². The fraction of sp³-hybridized carbons (Fsp3) is 0.429. The number of nitrogens with one attached hydrogen (secondary N) is 2. The molecule has 0 saturated carbocycles. The van der Waals surface area contributed by atoms with Gasteiger partial charge in [-0.1, -0.05) is 29.8 Å². The van der Waals surface area contributed by atoms with Gasteiger partial charge in [0.1, 0.15) is 6.04 Å². The lowest BCUT2D eigenvalue weighted by molar-refractivity contribution is -0.144. The van der Waals surface area contributed by atoms with Gasteiger partial charge < -0.3 is 15.4 Å². The highest BCUT2D eigenvalue weighted by Gasteiger charge is 2.19. The van der Waals surface area contributed by atoms with Crippen molar-refractivity contribution >= 4 is 11.9 Å². The summed E-state index contributed by atoms with van der Waals surface area (Å²) in [6.45, 7) is 4.36. The van der Waals surface area contributed by atoms with Crippen molar-refractivity contribution in [2.75, 3.05) is 13.7 Å². The van der Waals surface area contributed by atoms with Crippen LogP contribution in [0.2, 0.25) is 0 Å². The summed E-state index contributed by atoms with van der Waals surface area (Å²) in [5, 5.41) is 5.69. The average Bonchev–Trinajstić information content (AvgIpc) is 2.36. The molecule has 0 aliphatic rings. The van der Waals surface area contributed by atoms with Crippen LogP contribution in [0.5, 0.6) is 0 Å². The number of carbonyl (C=O) groups is 2. The van der Waals surface area contributed by atoms with Gasteiger partial charge in [0.05, 0.1) is 7.11 Å². The van der Waals surface area contributed by atoms with E-state index in [1.165, 1.54) is 19.6 Å². The molecule has 0 aliphatic heterocycles. The topological polar surface area (TPSA) is 67.4 Å². The van der Waals surface area contributed by atoms with Gasteiger partial charge in [-0.05, 0) is 12.5 Å². The minimum Gasteiger partial charge on any atom is -0.467 e. The summed E-state index contributed by atoms with van der Waals surface area (Å²) < 4.78 is 4.64. The molecule has 1 unspecified atom stereocenters. The maximum Gasteiger partial charge on any atom is 0.329 e. The van der Waals surface area contributed by atoms with Gasteiger partial charge in [-0.2, -0.15) is 0 Å². The number of hydrogen-bond donors (Lipinski definition) is 2. The lowest BCUT2D eigenvalue weighted by Gasteiger charge is -2.16. The van der Waals surface area contributed by atoms with Gasteiger partial charge >= 0.3 is 5.97 Å². The van der Waals surface area contributed by atoms with Crippen LogP contribution in [0.3, 0.4) is 0 Å². The number of carbonyl (C=O) groups excluding carboxylic acids is 2. The highest BCUT2D eigenvalue weighted by atomic mass is 16.5. The molecule has 0 fully saturated rings. The molecule has 2 N–H and O–H groups in total. The van der Waals surface area contributed by atoms with Crippen molar-refractivity contribution in [3.05, 3.63) is 35.4 Å². The van der Waals surface area contributed by atoms with E-state index in [9.17, 15) is 9.59 Å². The number of rotatable bonds is 6. The molecular formula is C14H20N2O3. The summed E-state index contributed by atoms with van der Waals surface area (Å²) in [5.41, 5.74) is 2.32. The molecule has 0 heterocycles. The summed E-state index contributed by atoms with van der Waals surface area (Å²) in [7, 11) is 1.30. The number of ether oxygens (including phenoxy) is 1. The van der Waals surface area contributed by atoms with Crippen LogP contribution >= 0.6 is 0 Å². The SMILES string of the molecule is COC(=O)C(CNCc1cccc(C)c1)NC(C)=O. The molecule has 0 aromatic heterocycles. The van der Waals surface area contributed by atoms with Crippen LogP contribution in [0.25, 0.3) is 0 Å². The Balaban J connectivity index is 2.48. The van der Waals surface area contributed by atoms with E-state index < -0.39 is 12.0 Å². The van der Waals surface area contributed by atoms with Gasteiger partial charge in [-0.25, -0.2) is 4.79 Å². The molecule has 104 valence electrons. The fourth-order valence-corrected chi connectivity index (χ4v) is 1.76. The van der Waals surface area contributed by atoms with Crippen LogP contribution in [0, 0.1) is 6.92 Å². The first-order valence-electron chi connectivity index (χ1n) is 6.14. The maximum atomic E-state index is 11.5. The Morgan fingerprint density at radius 3 is 2.68 bits per heavy atom. The van der Waals surface area contributed by atoms with Crippen LogP contribution in [-0.2, 0) is 20.9 Å². The Morgan fingerprint density at radius 1 is 1.37 bits per heavy atom. The van der Waals surface area contributed by atoms with Crippen LogP contribution in [0.15, 0.2) is 24.3 Å². The Morgan fingerprint density at radius 2 is 2.11 bits per heavy atom. The molecule has 0 spiro atoms. The fourth-order valence-electron chi connectivity index (χ4n) is 1.76. The quantitative estimate of drug-likeness (QED) is 0.745. The molecule has 5 heteroatoms. The highest BCUT2D eigenvalue weighted by Crippen LogP contribution is 2.03. The van der Waals surface area contributed by atoms with Crippen molar-refractivity contribution in [3.8, 4) is 0 Å². The summed E-state index contributed by atoms with van der Waals surface area (Å²) in [4.78, 5) is 22.5. The lowest BCUT2D eigenvalue weighted by atomic mass is 10.1. The third-order valence-corrected chi connectivity index (χ3v) is 2.62. The standard InChI is InChI=1S/C14H20N2O3/c1-10-5-4-6-12(7-10)8-15-9-13(14(18)19-3)16-11(2)17/h4-7,13,15H,8-9H2,1-3H3,(H,16,17). The van der Waals surface area contributed by atoms with Crippen molar-refractivity contribution in [3.63, 3.8) is 0 Å². The molecule has 0 bridgehead atoms. The Bertz CT molecular complexity index is 446. The summed E-state index contributed by atoms with van der Waals surface area (Å²) in [6.07, 6.45) is 0. The molecule has 5 nitrogen and oxygen atoms in total. The monoisotopic (exact) mass is 264 g/mol. The van der Waals surface area contributed by atoms with Crippen molar-refractivity contribution in [1.29, 1.82) is 0 Å². The predicted molar refractivity (Wildman–Crippen MR) is 72.5 cm³/mol. The average molecular weight is 264 g/mol. The minimum absolute atomic E-state index is 0.257. The molecule has 1 atom stereocenters. The summed E-state index contributed by atoms with van der Waals surface area (Å²) >= 11 is 0. The predicted octanol–water partition coefficient (Wildman–Crippen LogP) is 0.762. The number of hydrogen-bond acceptors (Lipinski definition) is 4. The van der Waals surface area contributed by atoms with Gasteiger partial charge in [0.25, 0.3) is 0 Å². The molecule has 1 aromatic rings. The third-order valence-electron chi connectivity index (χ3n) is 2.62. The Hall–Kier alpha value is -1.88. The number of aryl methyl sites for hydroxylation is 1. The van der Waals surface area contributed by atoms with Crippen molar-refractivity contribution in [2.24, 2.45) is 0 Å². The lowest BCUT2D eigenvalue weighted by Crippen LogP contribution is -2.46. The van der Waals surface area contributed by atoms with Crippen LogP contribution in [-0.4, -0.2) is 31.6 Å². The second-order valence-electron chi connectivity index (χ2n) is 4.40. The van der Waals surface area contributed by atoms with E-state index in [2.05, 4.69) is 21.4 Å². The van der Waals surface area contributed by atoms with E-state index in [1.54, 1.807) is 0 Å². The molecule has 1 aromatic carbocycles. The molecular weight excluding hydrogens is 244 g/mol. The van der Waals surface area contributed by atoms with Crippen molar-refractivity contribution < 1.29 is 14.3 Å². The van der Waals surface area contributed by atoms with Crippen LogP contribution in [0.1, 0.15) is 18.1 Å². The largest absolute Gasteiger partial charge is 0.467 e. The van der Waals surface area contributed by atoms with Gasteiger partial charge in [0.2, 0.25) is 5.91 Å². The smallest absolute Gasteiger partial charge is 0.329 e. The normalized spacial score (nSPS) is 11.7. The minimum atomic E-state index is -0.660. The van der Waals surface area contributed by atoms with E-state index in [4.69, 9.17) is 0 Å². The first kappa shape index (κ1) is 15.2. The van der Waals surface area contributed by atoms with Gasteiger partial charge in [0.15, 0.2) is 0 Å². The maximum absolute atomic E-state index is 11.5. The number of benzene rings is 1. The second-order valence-corrected chi connectivity index (χ2v) is 4.40. The zero-order valence-corrected chi connectivity index (χ0v) is 11.5. The van der Waals surface area contributed by atoms with Crippen LogP contribution in [0.4, 0.5) is 0 Å². The molecule has 19 heavy (non-hydrogen) atoms. The zero-order valence-electron chi connectivity index (χ0n) is 11.5. The molecule has 1 amide bonds. The van der Waals surface area contributed by atoms with Gasteiger partial charge in [0, 0.05) is 20.0 Å². The summed E-state index contributed by atoms with van der Waals surface area (Å²) in [6, 6.07) is 7.42. The van der Waals surface area contributed by atoms with Gasteiger partial charge in [-0.15, -0.1) is 0 Å². The third kappa shape index (κ3) is 5.52. The number of methoxy groups -OCH3 is 1. The molecule has 0 radical (unpaired) electrons. The van der Waals surface area contributed by atoms with Crippen LogP contribution < -0.4 is 10.6 Å². The molecule has 0 saturated heterocycles. The van der Waals surface area contributed by atoms with Crippen molar-refractivity contribution in [2.45, 2.75) is 26.4 Å². The zero-order chi connectivity index (χ0) is 14.3. The second kappa shape index (κ2) is 7.53. The molecule has 0 aliphatic carbocycles. The first-order chi connectivity index (χ1) is 9.02.